The molecule has 22 heavy (non-hydrogen) atoms. The number of carbonyl (C=O) groups is 1. The molecule has 0 atom stereocenters. The van der Waals surface area contributed by atoms with E-state index >= 15 is 0 Å². The Morgan fingerprint density at radius 2 is 1.77 bits per heavy atom. The van der Waals surface area contributed by atoms with Gasteiger partial charge in [-0.2, -0.15) is 0 Å². The van der Waals surface area contributed by atoms with Crippen LogP contribution in [0, 0.1) is 0 Å². The summed E-state index contributed by atoms with van der Waals surface area (Å²) in [5.74, 6) is -0.569. The minimum atomic E-state index is -0.569. The summed E-state index contributed by atoms with van der Waals surface area (Å²) in [6, 6.07) is 17.2. The van der Waals surface area contributed by atoms with Crippen LogP contribution in [0.15, 0.2) is 65.8 Å². The number of carbonyl (C=O) groups excluding carboxylic acids is 1. The van der Waals surface area contributed by atoms with E-state index < -0.39 is 5.91 Å². The van der Waals surface area contributed by atoms with E-state index in [-0.39, 0.29) is 0 Å². The van der Waals surface area contributed by atoms with E-state index in [4.69, 9.17) is 10.0 Å². The molecular weight excluding hydrogens is 280 g/mol. The molecule has 0 bridgehead atoms. The first-order valence-corrected chi connectivity index (χ1v) is 6.69. The number of oxime groups is 1. The lowest BCUT2D eigenvalue weighted by Crippen LogP contribution is -2.14. The van der Waals surface area contributed by atoms with Gasteiger partial charge in [0.2, 0.25) is 0 Å². The highest BCUT2D eigenvalue weighted by atomic mass is 16.6. The second kappa shape index (κ2) is 8.39. The summed E-state index contributed by atoms with van der Waals surface area (Å²) in [5, 5.41) is 12.3. The van der Waals surface area contributed by atoms with Gasteiger partial charge in [-0.25, -0.2) is 5.48 Å². The quantitative estimate of drug-likeness (QED) is 0.373. The lowest BCUT2D eigenvalue weighted by Gasteiger charge is -1.99. The van der Waals surface area contributed by atoms with Crippen molar-refractivity contribution in [2.45, 2.75) is 6.61 Å². The number of nitrogens with one attached hydrogen (secondary N) is 1. The molecule has 0 aliphatic carbocycles. The van der Waals surface area contributed by atoms with Gasteiger partial charge in [0.15, 0.2) is 0 Å². The van der Waals surface area contributed by atoms with Crippen molar-refractivity contribution in [1.82, 2.24) is 5.48 Å². The Kier molecular flexibility index (Phi) is 5.90. The van der Waals surface area contributed by atoms with Crippen LogP contribution < -0.4 is 5.48 Å². The van der Waals surface area contributed by atoms with Crippen LogP contribution in [-0.4, -0.2) is 17.3 Å². The van der Waals surface area contributed by atoms with Gasteiger partial charge >= 0.3 is 0 Å². The minimum absolute atomic E-state index is 0.425. The lowest BCUT2D eigenvalue weighted by molar-refractivity contribution is -0.124. The highest BCUT2D eigenvalue weighted by Crippen LogP contribution is 2.05. The fourth-order valence-electron chi connectivity index (χ4n) is 1.69. The largest absolute Gasteiger partial charge is 0.391 e. The Bertz CT molecular complexity index is 649. The summed E-state index contributed by atoms with van der Waals surface area (Å²) < 4.78 is 0. The second-order valence-corrected chi connectivity index (χ2v) is 4.47. The smallest absolute Gasteiger partial charge is 0.267 e. The SMILES string of the molecule is O=C(/C=C/c1ccc(C=NOCc2ccccc2)cc1)NO. The molecule has 2 rings (SSSR count). The molecule has 0 aromatic heterocycles. The molecule has 0 aliphatic heterocycles. The van der Waals surface area contributed by atoms with Crippen LogP contribution in [0.2, 0.25) is 0 Å². The van der Waals surface area contributed by atoms with Gasteiger partial charge in [0.05, 0.1) is 6.21 Å². The van der Waals surface area contributed by atoms with E-state index in [0.29, 0.717) is 6.61 Å². The third kappa shape index (κ3) is 5.22. The maximum absolute atomic E-state index is 10.9. The molecule has 2 aromatic rings. The van der Waals surface area contributed by atoms with Gasteiger partial charge in [-0.05, 0) is 22.8 Å². The minimum Gasteiger partial charge on any atom is -0.391 e. The number of amides is 1. The van der Waals surface area contributed by atoms with Gasteiger partial charge in [0.1, 0.15) is 6.61 Å². The van der Waals surface area contributed by atoms with Crippen LogP contribution in [0.4, 0.5) is 0 Å². The van der Waals surface area contributed by atoms with Gasteiger partial charge in [-0.15, -0.1) is 0 Å². The monoisotopic (exact) mass is 296 g/mol. The van der Waals surface area contributed by atoms with Crippen LogP contribution in [0.5, 0.6) is 0 Å². The number of hydrogen-bond acceptors (Lipinski definition) is 4. The number of benzene rings is 2. The fourth-order valence-corrected chi connectivity index (χ4v) is 1.69. The normalized spacial score (nSPS) is 11.0. The highest BCUT2D eigenvalue weighted by Gasteiger charge is 1.93. The summed E-state index contributed by atoms with van der Waals surface area (Å²) in [7, 11) is 0. The molecule has 2 aromatic carbocycles. The molecule has 2 N–H and O–H groups in total. The summed E-state index contributed by atoms with van der Waals surface area (Å²) >= 11 is 0. The first-order chi connectivity index (χ1) is 10.8. The topological polar surface area (TPSA) is 70.9 Å². The summed E-state index contributed by atoms with van der Waals surface area (Å²) in [5.41, 5.74) is 4.31. The molecule has 112 valence electrons. The molecule has 0 unspecified atom stereocenters. The van der Waals surface area contributed by atoms with E-state index in [2.05, 4.69) is 5.16 Å². The summed E-state index contributed by atoms with van der Waals surface area (Å²) in [6.07, 6.45) is 4.46. The Hall–Kier alpha value is -2.92. The Labute approximate surface area is 128 Å². The number of hydroxylamine groups is 1. The first kappa shape index (κ1) is 15.5. The molecule has 0 radical (unpaired) electrons. The molecule has 0 heterocycles. The zero-order valence-corrected chi connectivity index (χ0v) is 11.8. The number of rotatable bonds is 6. The van der Waals surface area contributed by atoms with Crippen LogP contribution in [-0.2, 0) is 16.2 Å². The average Bonchev–Trinajstić information content (AvgIpc) is 2.58. The molecule has 0 saturated heterocycles. The standard InChI is InChI=1S/C17H16N2O3/c20-17(19-21)11-10-14-6-8-15(9-7-14)12-18-22-13-16-4-2-1-3-5-16/h1-12,21H,13H2,(H,19,20)/b11-10+,18-12?. The van der Waals surface area contributed by atoms with E-state index in [0.717, 1.165) is 16.7 Å². The molecule has 5 heteroatoms. The predicted octanol–water partition coefficient (Wildman–Crippen LogP) is 2.76. The second-order valence-electron chi connectivity index (χ2n) is 4.47. The van der Waals surface area contributed by atoms with Crippen molar-refractivity contribution in [2.75, 3.05) is 0 Å². The Morgan fingerprint density at radius 3 is 2.45 bits per heavy atom. The molecule has 0 fully saturated rings. The molecule has 0 saturated carbocycles. The maximum atomic E-state index is 10.9. The van der Waals surface area contributed by atoms with Gasteiger partial charge in [0.25, 0.3) is 5.91 Å². The van der Waals surface area contributed by atoms with Crippen LogP contribution in [0.3, 0.4) is 0 Å². The van der Waals surface area contributed by atoms with Crippen molar-refractivity contribution in [2.24, 2.45) is 5.16 Å². The Balaban J connectivity index is 1.84. The average molecular weight is 296 g/mol. The number of hydrogen-bond donors (Lipinski definition) is 2. The van der Waals surface area contributed by atoms with Crippen molar-refractivity contribution < 1.29 is 14.8 Å². The van der Waals surface area contributed by atoms with E-state index in [1.807, 2.05) is 54.6 Å². The molecule has 0 aliphatic rings. The van der Waals surface area contributed by atoms with Crippen molar-refractivity contribution in [3.63, 3.8) is 0 Å². The van der Waals surface area contributed by atoms with Crippen molar-refractivity contribution in [1.29, 1.82) is 0 Å². The van der Waals surface area contributed by atoms with Crippen molar-refractivity contribution in [3.8, 4) is 0 Å². The lowest BCUT2D eigenvalue weighted by atomic mass is 10.1. The van der Waals surface area contributed by atoms with E-state index in [1.165, 1.54) is 11.6 Å². The molecule has 0 spiro atoms. The maximum Gasteiger partial charge on any atom is 0.267 e. The summed E-state index contributed by atoms with van der Waals surface area (Å²) in [6.45, 7) is 0.425. The van der Waals surface area contributed by atoms with Gasteiger partial charge in [-0.3, -0.25) is 10.0 Å². The van der Waals surface area contributed by atoms with Crippen LogP contribution >= 0.6 is 0 Å². The molecular formula is C17H16N2O3. The van der Waals surface area contributed by atoms with E-state index in [1.54, 1.807) is 12.3 Å². The van der Waals surface area contributed by atoms with Crippen LogP contribution in [0.1, 0.15) is 16.7 Å². The van der Waals surface area contributed by atoms with Crippen molar-refractivity contribution >= 4 is 18.2 Å². The highest BCUT2D eigenvalue weighted by molar-refractivity contribution is 5.91. The zero-order chi connectivity index (χ0) is 15.6. The molecule has 1 amide bonds. The van der Waals surface area contributed by atoms with Gasteiger partial charge < -0.3 is 4.84 Å². The molecule has 5 nitrogen and oxygen atoms in total. The Morgan fingerprint density at radius 1 is 1.09 bits per heavy atom. The van der Waals surface area contributed by atoms with Gasteiger partial charge in [-0.1, -0.05) is 59.8 Å². The predicted molar refractivity (Wildman–Crippen MR) is 84.2 cm³/mol. The zero-order valence-electron chi connectivity index (χ0n) is 11.8. The third-order valence-electron chi connectivity index (χ3n) is 2.82. The van der Waals surface area contributed by atoms with Crippen LogP contribution in [0.25, 0.3) is 6.08 Å². The fraction of sp³-hybridized carbons (Fsp3) is 0.0588. The first-order valence-electron chi connectivity index (χ1n) is 6.69. The van der Waals surface area contributed by atoms with E-state index in [9.17, 15) is 4.79 Å². The number of nitrogens with zero attached hydrogens (tertiary/aromatic N) is 1. The third-order valence-corrected chi connectivity index (χ3v) is 2.82. The van der Waals surface area contributed by atoms with Gasteiger partial charge in [0, 0.05) is 6.08 Å². The van der Waals surface area contributed by atoms with Crippen molar-refractivity contribution in [3.05, 3.63) is 77.4 Å². The summed E-state index contributed by atoms with van der Waals surface area (Å²) in [4.78, 5) is 16.1.